The Kier molecular flexibility index (Phi) is 9.65. The number of fused-ring (bicyclic) bond motifs is 1. The van der Waals surface area contributed by atoms with E-state index in [4.69, 9.17) is 43.4 Å². The molecule has 43 heavy (non-hydrogen) atoms. The van der Waals surface area contributed by atoms with E-state index < -0.39 is 6.35 Å². The van der Waals surface area contributed by atoms with E-state index in [2.05, 4.69) is 15.6 Å². The summed E-state index contributed by atoms with van der Waals surface area (Å²) in [6.45, 7) is 2.25. The summed E-state index contributed by atoms with van der Waals surface area (Å²) >= 11 is 13.6. The largest absolute Gasteiger partial charge is 0.495 e. The highest BCUT2D eigenvalue weighted by Gasteiger charge is 2.37. The van der Waals surface area contributed by atoms with Crippen LogP contribution in [0, 0.1) is 0 Å². The number of ether oxygens (including phenoxy) is 2. The van der Waals surface area contributed by atoms with Gasteiger partial charge in [-0.25, -0.2) is 4.98 Å². The number of nitrogens with one attached hydrogen (secondary N) is 2. The lowest BCUT2D eigenvalue weighted by molar-refractivity contribution is -0.115. The Hall–Kier alpha value is -3.51. The number of carbonyl (C=O) groups excluding carboxylic acids is 1. The molecule has 2 heterocycles. The fourth-order valence-corrected chi connectivity index (χ4v) is 6.26. The number of halogens is 2. The third-order valence-electron chi connectivity index (χ3n) is 7.87. The van der Waals surface area contributed by atoms with Crippen LogP contribution in [0.4, 0.5) is 23.1 Å². The maximum absolute atomic E-state index is 12.0. The monoisotopic (exact) mass is 629 g/mol. The third kappa shape index (κ3) is 6.54. The molecule has 3 aromatic rings. The van der Waals surface area contributed by atoms with Crippen molar-refractivity contribution >= 4 is 52.3 Å². The molecule has 1 amide bonds. The molecule has 5 N–H and O–H groups in total. The van der Waals surface area contributed by atoms with Crippen molar-refractivity contribution in [1.82, 2.24) is 9.97 Å². The van der Waals surface area contributed by atoms with Crippen LogP contribution in [0.3, 0.4) is 0 Å². The van der Waals surface area contributed by atoms with Crippen LogP contribution in [0.15, 0.2) is 36.5 Å². The molecule has 5 rings (SSSR count). The highest BCUT2D eigenvalue weighted by atomic mass is 35.5. The van der Waals surface area contributed by atoms with E-state index in [0.29, 0.717) is 41.1 Å². The number of nitrogens with two attached hydrogens (primary N) is 1. The van der Waals surface area contributed by atoms with Crippen molar-refractivity contribution in [1.29, 1.82) is 0 Å². The minimum absolute atomic E-state index is 0.0129. The lowest BCUT2D eigenvalue weighted by atomic mass is 9.91. The van der Waals surface area contributed by atoms with Crippen LogP contribution in [0.25, 0.3) is 0 Å². The van der Waals surface area contributed by atoms with Gasteiger partial charge in [-0.3, -0.25) is 4.79 Å². The number of rotatable bonds is 9. The minimum atomic E-state index is -1.24. The first-order valence-corrected chi connectivity index (χ1v) is 15.1. The lowest BCUT2D eigenvalue weighted by Gasteiger charge is -2.44. The second kappa shape index (κ2) is 13.4. The molecule has 2 aromatic carbocycles. The number of amides is 1. The third-order valence-corrected chi connectivity index (χ3v) is 8.60. The number of aliphatic hydroxyl groups excluding tert-OH is 1. The number of hydrogen-bond acceptors (Lipinski definition) is 10. The van der Waals surface area contributed by atoms with E-state index in [1.165, 1.54) is 14.2 Å². The highest BCUT2D eigenvalue weighted by Crippen LogP contribution is 2.48. The van der Waals surface area contributed by atoms with Gasteiger partial charge in [0.2, 0.25) is 18.2 Å². The maximum atomic E-state index is 12.0. The van der Waals surface area contributed by atoms with Crippen LogP contribution in [0.5, 0.6) is 11.5 Å². The zero-order valence-corrected chi connectivity index (χ0v) is 26.0. The standard InChI is InChI=1S/C30H37Cl2N7O4/c1-4-24(40)35-19-9-7-8-17(12-19)15-39-28-18(14-34-29(37-28)36-21-11-6-5-10-20(21)33)16-38(30(39)41)27-25(31)22(42-2)13-23(43-3)26(27)32/h7-9,12-14,20-21,30,41H,4-6,10-11,15-16,33H2,1-3H3,(H,35,40)(H,34,36,37). The fraction of sp³-hybridized carbons (Fsp3) is 0.433. The molecule has 3 atom stereocenters. The summed E-state index contributed by atoms with van der Waals surface area (Å²) in [4.78, 5) is 24.9. The zero-order valence-electron chi connectivity index (χ0n) is 24.4. The first kappa shape index (κ1) is 30.9. The Morgan fingerprint density at radius 2 is 1.86 bits per heavy atom. The van der Waals surface area contributed by atoms with Crippen LogP contribution in [0.2, 0.25) is 10.0 Å². The van der Waals surface area contributed by atoms with Gasteiger partial charge >= 0.3 is 0 Å². The van der Waals surface area contributed by atoms with Gasteiger partial charge in [-0.2, -0.15) is 4.98 Å². The average molecular weight is 631 g/mol. The van der Waals surface area contributed by atoms with Crippen molar-refractivity contribution in [2.75, 3.05) is 34.7 Å². The van der Waals surface area contributed by atoms with Crippen molar-refractivity contribution in [2.24, 2.45) is 5.73 Å². The van der Waals surface area contributed by atoms with Gasteiger partial charge in [0, 0.05) is 48.6 Å². The van der Waals surface area contributed by atoms with E-state index in [0.717, 1.165) is 36.8 Å². The van der Waals surface area contributed by atoms with Crippen molar-refractivity contribution in [3.05, 3.63) is 57.7 Å². The topological polar surface area (TPSA) is 138 Å². The van der Waals surface area contributed by atoms with Crippen molar-refractivity contribution in [2.45, 2.75) is 70.6 Å². The molecular weight excluding hydrogens is 593 g/mol. The molecule has 1 fully saturated rings. The van der Waals surface area contributed by atoms with E-state index in [1.807, 2.05) is 24.3 Å². The molecule has 0 radical (unpaired) electrons. The normalized spacial score (nSPS) is 19.9. The second-order valence-electron chi connectivity index (χ2n) is 10.7. The molecule has 13 heteroatoms. The minimum Gasteiger partial charge on any atom is -0.495 e. The Morgan fingerprint density at radius 3 is 2.53 bits per heavy atom. The Morgan fingerprint density at radius 1 is 1.14 bits per heavy atom. The van der Waals surface area contributed by atoms with Crippen LogP contribution in [-0.4, -0.2) is 53.6 Å². The summed E-state index contributed by atoms with van der Waals surface area (Å²) in [7, 11) is 2.99. The molecule has 1 aromatic heterocycles. The highest BCUT2D eigenvalue weighted by molar-refractivity contribution is 6.41. The number of aliphatic hydroxyl groups is 1. The van der Waals surface area contributed by atoms with Crippen LogP contribution >= 0.6 is 23.2 Å². The van der Waals surface area contributed by atoms with Crippen molar-refractivity contribution in [3.8, 4) is 11.5 Å². The predicted octanol–water partition coefficient (Wildman–Crippen LogP) is 5.13. The van der Waals surface area contributed by atoms with Gasteiger partial charge in [0.15, 0.2) is 0 Å². The molecule has 0 saturated heterocycles. The van der Waals surface area contributed by atoms with E-state index in [1.54, 1.807) is 29.0 Å². The molecule has 11 nitrogen and oxygen atoms in total. The van der Waals surface area contributed by atoms with Gasteiger partial charge in [0.05, 0.1) is 26.5 Å². The van der Waals surface area contributed by atoms with Crippen molar-refractivity contribution < 1.29 is 19.4 Å². The summed E-state index contributed by atoms with van der Waals surface area (Å²) < 4.78 is 11.0. The summed E-state index contributed by atoms with van der Waals surface area (Å²) in [6.07, 6.45) is 4.94. The quantitative estimate of drug-likeness (QED) is 0.252. The van der Waals surface area contributed by atoms with Crippen LogP contribution in [0.1, 0.15) is 50.2 Å². The number of methoxy groups -OCH3 is 2. The zero-order chi connectivity index (χ0) is 30.7. The van der Waals surface area contributed by atoms with Crippen molar-refractivity contribution in [3.63, 3.8) is 0 Å². The molecule has 1 aliphatic carbocycles. The maximum Gasteiger partial charge on any atom is 0.224 e. The molecule has 0 spiro atoms. The van der Waals surface area contributed by atoms with Crippen LogP contribution in [-0.2, 0) is 17.9 Å². The number of carbonyl (C=O) groups is 1. The second-order valence-corrected chi connectivity index (χ2v) is 11.5. The predicted molar refractivity (Wildman–Crippen MR) is 169 cm³/mol. The molecule has 2 aliphatic rings. The summed E-state index contributed by atoms with van der Waals surface area (Å²) in [5.41, 5.74) is 8.97. The van der Waals surface area contributed by atoms with E-state index >= 15 is 0 Å². The average Bonchev–Trinajstić information content (AvgIpc) is 3.00. The molecule has 3 unspecified atom stereocenters. The fourth-order valence-electron chi connectivity index (χ4n) is 5.54. The lowest BCUT2D eigenvalue weighted by Crippen LogP contribution is -2.52. The first-order valence-electron chi connectivity index (χ1n) is 14.3. The molecule has 230 valence electrons. The number of anilines is 4. The van der Waals surface area contributed by atoms with Gasteiger partial charge in [0.1, 0.15) is 27.4 Å². The number of hydrogen-bond donors (Lipinski definition) is 4. The summed E-state index contributed by atoms with van der Waals surface area (Å²) in [5, 5.41) is 18.7. The van der Waals surface area contributed by atoms with Gasteiger partial charge in [0.25, 0.3) is 0 Å². The molecular formula is C30H37Cl2N7O4. The Balaban J connectivity index is 1.56. The van der Waals surface area contributed by atoms with Crippen LogP contribution < -0.4 is 35.6 Å². The number of nitrogens with zero attached hydrogens (tertiary/aromatic N) is 4. The smallest absolute Gasteiger partial charge is 0.224 e. The van der Waals surface area contributed by atoms with Gasteiger partial charge in [-0.05, 0) is 30.5 Å². The van der Waals surface area contributed by atoms with Gasteiger partial charge < -0.3 is 40.7 Å². The number of benzene rings is 2. The molecule has 0 bridgehead atoms. The van der Waals surface area contributed by atoms with Gasteiger partial charge in [-0.15, -0.1) is 0 Å². The molecule has 1 aliphatic heterocycles. The SMILES string of the molecule is CCC(=O)Nc1cccc(CN2c3nc(NC4CCCCC4N)ncc3CN(c3c(Cl)c(OC)cc(OC)c3Cl)C2O)c1. The Labute approximate surface area is 261 Å². The summed E-state index contributed by atoms with van der Waals surface area (Å²) in [6, 6.07) is 9.14. The first-order chi connectivity index (χ1) is 20.7. The Bertz CT molecular complexity index is 1450. The molecule has 1 saturated carbocycles. The van der Waals surface area contributed by atoms with E-state index in [9.17, 15) is 9.90 Å². The van der Waals surface area contributed by atoms with E-state index in [-0.39, 0.29) is 41.1 Å². The van der Waals surface area contributed by atoms with Gasteiger partial charge in [-0.1, -0.05) is 55.1 Å². The summed E-state index contributed by atoms with van der Waals surface area (Å²) in [5.74, 6) is 1.60. The number of aromatic nitrogens is 2.